The maximum atomic E-state index is 3.89. The molecule has 1 aromatic heterocycles. The smallest absolute Gasteiger partial charge is 0.115 e. The van der Waals surface area contributed by atoms with Gasteiger partial charge in [-0.25, -0.2) is 9.97 Å². The Morgan fingerprint density at radius 1 is 1.50 bits per heavy atom. The van der Waals surface area contributed by atoms with Crippen molar-refractivity contribution in [3.05, 3.63) is 30.7 Å². The van der Waals surface area contributed by atoms with E-state index in [1.165, 1.54) is 6.33 Å². The summed E-state index contributed by atoms with van der Waals surface area (Å²) < 4.78 is 0. The second-order valence-electron chi connectivity index (χ2n) is 1.65. The molecule has 0 fully saturated rings. The molecule has 1 aromatic rings. The maximum Gasteiger partial charge on any atom is 0.115 e. The first-order chi connectivity index (χ1) is 3.79. The molecule has 1 heterocycles. The summed E-state index contributed by atoms with van der Waals surface area (Å²) in [5, 5.41) is 0. The molecule has 0 spiro atoms. The number of aryl methyl sites for hydroxylation is 1. The van der Waals surface area contributed by atoms with E-state index in [0.717, 1.165) is 11.4 Å². The van der Waals surface area contributed by atoms with Gasteiger partial charge in [0, 0.05) is 11.4 Å². The SMILES string of the molecule is [CH2]c1cc(C)ncn1. The van der Waals surface area contributed by atoms with E-state index in [1.807, 2.05) is 13.0 Å². The molecular weight excluding hydrogens is 100 g/mol. The van der Waals surface area contributed by atoms with Crippen molar-refractivity contribution in [2.75, 3.05) is 0 Å². The van der Waals surface area contributed by atoms with Gasteiger partial charge >= 0.3 is 0 Å². The normalized spacial score (nSPS) is 9.25. The molecule has 0 aliphatic heterocycles. The quantitative estimate of drug-likeness (QED) is 0.493. The molecular formula is C6H7N2. The summed E-state index contributed by atoms with van der Waals surface area (Å²) >= 11 is 0. The third-order valence-corrected chi connectivity index (χ3v) is 0.860. The van der Waals surface area contributed by atoms with Crippen LogP contribution in [0, 0.1) is 13.8 Å². The molecule has 41 valence electrons. The highest BCUT2D eigenvalue weighted by atomic mass is 14.8. The van der Waals surface area contributed by atoms with E-state index >= 15 is 0 Å². The van der Waals surface area contributed by atoms with Crippen LogP contribution in [-0.2, 0) is 0 Å². The summed E-state index contributed by atoms with van der Waals surface area (Å²) in [6.45, 7) is 5.54. The zero-order valence-electron chi connectivity index (χ0n) is 4.76. The van der Waals surface area contributed by atoms with Gasteiger partial charge in [0.2, 0.25) is 0 Å². The predicted molar refractivity (Wildman–Crippen MR) is 31.2 cm³/mol. The third-order valence-electron chi connectivity index (χ3n) is 0.860. The van der Waals surface area contributed by atoms with Crippen LogP contribution in [0.4, 0.5) is 0 Å². The first kappa shape index (κ1) is 5.22. The zero-order chi connectivity index (χ0) is 5.98. The van der Waals surface area contributed by atoms with E-state index in [1.54, 1.807) is 0 Å². The van der Waals surface area contributed by atoms with Gasteiger partial charge < -0.3 is 0 Å². The summed E-state index contributed by atoms with van der Waals surface area (Å²) in [6.07, 6.45) is 1.51. The van der Waals surface area contributed by atoms with Gasteiger partial charge in [-0.15, -0.1) is 0 Å². The van der Waals surface area contributed by atoms with Gasteiger partial charge in [0.05, 0.1) is 0 Å². The minimum Gasteiger partial charge on any atom is -0.242 e. The van der Waals surface area contributed by atoms with E-state index in [9.17, 15) is 0 Å². The molecule has 0 saturated carbocycles. The van der Waals surface area contributed by atoms with Crippen molar-refractivity contribution in [2.45, 2.75) is 6.92 Å². The fourth-order valence-electron chi connectivity index (χ4n) is 0.510. The number of hydrogen-bond donors (Lipinski definition) is 0. The minimum absolute atomic E-state index is 0.775. The van der Waals surface area contributed by atoms with Crippen LogP contribution in [0.25, 0.3) is 0 Å². The average Bonchev–Trinajstić information content (AvgIpc) is 1.64. The molecule has 0 amide bonds. The molecule has 0 bridgehead atoms. The van der Waals surface area contributed by atoms with Crippen LogP contribution >= 0.6 is 0 Å². The van der Waals surface area contributed by atoms with Crippen molar-refractivity contribution in [3.8, 4) is 0 Å². The predicted octanol–water partition coefficient (Wildman–Crippen LogP) is 0.967. The van der Waals surface area contributed by atoms with E-state index in [0.29, 0.717) is 0 Å². The van der Waals surface area contributed by atoms with Crippen LogP contribution in [-0.4, -0.2) is 9.97 Å². The summed E-state index contributed by atoms with van der Waals surface area (Å²) in [6, 6.07) is 1.83. The summed E-state index contributed by atoms with van der Waals surface area (Å²) in [7, 11) is 0. The molecule has 2 heteroatoms. The van der Waals surface area contributed by atoms with Crippen molar-refractivity contribution in [1.82, 2.24) is 9.97 Å². The molecule has 0 aliphatic rings. The van der Waals surface area contributed by atoms with Gasteiger partial charge in [-0.2, -0.15) is 0 Å². The standard InChI is InChI=1S/C6H7N2/c1-5-3-6(2)8-4-7-5/h3-4H,1H2,2H3. The van der Waals surface area contributed by atoms with Gasteiger partial charge in [0.1, 0.15) is 6.33 Å². The van der Waals surface area contributed by atoms with Crippen molar-refractivity contribution < 1.29 is 0 Å². The lowest BCUT2D eigenvalue weighted by molar-refractivity contribution is 1.08. The number of rotatable bonds is 0. The molecule has 0 aliphatic carbocycles. The first-order valence-electron chi connectivity index (χ1n) is 2.39. The lowest BCUT2D eigenvalue weighted by Gasteiger charge is -1.89. The Labute approximate surface area is 48.6 Å². The van der Waals surface area contributed by atoms with Crippen LogP contribution < -0.4 is 0 Å². The van der Waals surface area contributed by atoms with Crippen LogP contribution in [0.3, 0.4) is 0 Å². The lowest BCUT2D eigenvalue weighted by Crippen LogP contribution is -1.84. The molecule has 0 N–H and O–H groups in total. The summed E-state index contributed by atoms with van der Waals surface area (Å²) in [5.41, 5.74) is 1.74. The maximum absolute atomic E-state index is 3.89. The molecule has 0 saturated heterocycles. The topological polar surface area (TPSA) is 25.8 Å². The van der Waals surface area contributed by atoms with E-state index < -0.39 is 0 Å². The van der Waals surface area contributed by atoms with Crippen LogP contribution in [0.5, 0.6) is 0 Å². The van der Waals surface area contributed by atoms with Crippen molar-refractivity contribution in [3.63, 3.8) is 0 Å². The Balaban J connectivity index is 3.08. The number of aromatic nitrogens is 2. The Hall–Kier alpha value is -0.920. The number of hydrogen-bond acceptors (Lipinski definition) is 2. The first-order valence-corrected chi connectivity index (χ1v) is 2.39. The molecule has 1 rings (SSSR count). The highest BCUT2D eigenvalue weighted by Crippen LogP contribution is 1.91. The summed E-state index contributed by atoms with van der Waals surface area (Å²) in [4.78, 5) is 7.71. The fourth-order valence-corrected chi connectivity index (χ4v) is 0.510. The van der Waals surface area contributed by atoms with E-state index in [2.05, 4.69) is 16.9 Å². The monoisotopic (exact) mass is 107 g/mol. The van der Waals surface area contributed by atoms with Gasteiger partial charge in [0.25, 0.3) is 0 Å². The fraction of sp³-hybridized carbons (Fsp3) is 0.167. The highest BCUT2D eigenvalue weighted by Gasteiger charge is 1.83. The van der Waals surface area contributed by atoms with Gasteiger partial charge in [-0.1, -0.05) is 0 Å². The van der Waals surface area contributed by atoms with Gasteiger partial charge in [-0.3, -0.25) is 0 Å². The Morgan fingerprint density at radius 3 is 2.62 bits per heavy atom. The molecule has 8 heavy (non-hydrogen) atoms. The Kier molecular flexibility index (Phi) is 1.24. The molecule has 2 nitrogen and oxygen atoms in total. The van der Waals surface area contributed by atoms with Crippen LogP contribution in [0.2, 0.25) is 0 Å². The molecule has 0 aromatic carbocycles. The van der Waals surface area contributed by atoms with Crippen LogP contribution in [0.1, 0.15) is 11.4 Å². The summed E-state index contributed by atoms with van der Waals surface area (Å²) in [5.74, 6) is 0. The molecule has 1 radical (unpaired) electrons. The van der Waals surface area contributed by atoms with Gasteiger partial charge in [-0.05, 0) is 19.9 Å². The Bertz CT molecular complexity index is 166. The second-order valence-corrected chi connectivity index (χ2v) is 1.65. The van der Waals surface area contributed by atoms with Crippen molar-refractivity contribution >= 4 is 0 Å². The van der Waals surface area contributed by atoms with E-state index in [-0.39, 0.29) is 0 Å². The highest BCUT2D eigenvalue weighted by molar-refractivity contribution is 5.08. The van der Waals surface area contributed by atoms with Gasteiger partial charge in [0.15, 0.2) is 0 Å². The van der Waals surface area contributed by atoms with Crippen molar-refractivity contribution in [1.29, 1.82) is 0 Å². The average molecular weight is 107 g/mol. The minimum atomic E-state index is 0.775. The lowest BCUT2D eigenvalue weighted by atomic mass is 10.4. The van der Waals surface area contributed by atoms with Crippen molar-refractivity contribution in [2.24, 2.45) is 0 Å². The second kappa shape index (κ2) is 1.90. The largest absolute Gasteiger partial charge is 0.242 e. The van der Waals surface area contributed by atoms with Crippen LogP contribution in [0.15, 0.2) is 12.4 Å². The molecule has 0 atom stereocenters. The zero-order valence-corrected chi connectivity index (χ0v) is 4.76. The third kappa shape index (κ3) is 1.03. The van der Waals surface area contributed by atoms with E-state index in [4.69, 9.17) is 0 Å². The number of nitrogens with zero attached hydrogens (tertiary/aromatic N) is 2. The Morgan fingerprint density at radius 2 is 2.25 bits per heavy atom. The molecule has 0 unspecified atom stereocenters.